The van der Waals surface area contributed by atoms with Crippen LogP contribution in [0, 0.1) is 0 Å². The Labute approximate surface area is 171 Å². The van der Waals surface area contributed by atoms with Gasteiger partial charge in [-0.25, -0.2) is 4.79 Å². The topological polar surface area (TPSA) is 87.1 Å². The van der Waals surface area contributed by atoms with E-state index < -0.39 is 11.8 Å². The highest BCUT2D eigenvalue weighted by atomic mass is 16.5. The molecule has 0 spiro atoms. The van der Waals surface area contributed by atoms with E-state index in [1.165, 1.54) is 30.3 Å². The second-order valence-electron chi connectivity index (χ2n) is 6.81. The van der Waals surface area contributed by atoms with Crippen molar-refractivity contribution < 1.29 is 24.5 Å². The van der Waals surface area contributed by atoms with Crippen LogP contribution in [0.3, 0.4) is 0 Å². The Hall–Kier alpha value is -3.28. The highest BCUT2D eigenvalue weighted by molar-refractivity contribution is 6.15. The van der Waals surface area contributed by atoms with Gasteiger partial charge in [0.1, 0.15) is 18.1 Å². The first-order valence-electron chi connectivity index (χ1n) is 9.54. The lowest BCUT2D eigenvalue weighted by Gasteiger charge is -2.21. The molecule has 2 aromatic rings. The summed E-state index contributed by atoms with van der Waals surface area (Å²) in [6.45, 7) is 9.72. The minimum absolute atomic E-state index is 0.0295. The molecule has 0 bridgehead atoms. The SMILES string of the molecule is CCN(CC)c1ccc(C(=O)c2cc(OCC=C(C)C)ccc2C(=O)O)c(O)c1. The minimum Gasteiger partial charge on any atom is -0.507 e. The number of hydrogen-bond acceptors (Lipinski definition) is 5. The number of carbonyl (C=O) groups excluding carboxylic acids is 1. The predicted molar refractivity (Wildman–Crippen MR) is 113 cm³/mol. The Morgan fingerprint density at radius 3 is 2.21 bits per heavy atom. The lowest BCUT2D eigenvalue weighted by atomic mass is 9.97. The highest BCUT2D eigenvalue weighted by Gasteiger charge is 2.22. The molecule has 0 heterocycles. The van der Waals surface area contributed by atoms with Gasteiger partial charge < -0.3 is 19.8 Å². The summed E-state index contributed by atoms with van der Waals surface area (Å²) in [5, 5.41) is 19.9. The summed E-state index contributed by atoms with van der Waals surface area (Å²) >= 11 is 0. The molecule has 0 saturated carbocycles. The van der Waals surface area contributed by atoms with Gasteiger partial charge in [-0.1, -0.05) is 5.57 Å². The van der Waals surface area contributed by atoms with E-state index in [1.54, 1.807) is 6.07 Å². The largest absolute Gasteiger partial charge is 0.507 e. The normalized spacial score (nSPS) is 10.3. The molecule has 0 radical (unpaired) electrons. The number of carboxylic acid groups (broad SMARTS) is 1. The Morgan fingerprint density at radius 1 is 1.00 bits per heavy atom. The van der Waals surface area contributed by atoms with Crippen molar-refractivity contribution in [2.45, 2.75) is 27.7 Å². The highest BCUT2D eigenvalue weighted by Crippen LogP contribution is 2.29. The van der Waals surface area contributed by atoms with Gasteiger partial charge in [0.2, 0.25) is 0 Å². The molecule has 0 aliphatic heterocycles. The third-order valence-electron chi connectivity index (χ3n) is 4.56. The molecule has 0 atom stereocenters. The van der Waals surface area contributed by atoms with Crippen LogP contribution in [-0.4, -0.2) is 41.7 Å². The number of aromatic hydroxyl groups is 1. The first kappa shape index (κ1) is 22.0. The molecule has 0 aliphatic carbocycles. The van der Waals surface area contributed by atoms with Crippen molar-refractivity contribution in [1.29, 1.82) is 0 Å². The van der Waals surface area contributed by atoms with E-state index >= 15 is 0 Å². The summed E-state index contributed by atoms with van der Waals surface area (Å²) in [5.41, 5.74) is 1.75. The van der Waals surface area contributed by atoms with Crippen molar-refractivity contribution in [3.8, 4) is 11.5 Å². The van der Waals surface area contributed by atoms with Crippen LogP contribution < -0.4 is 9.64 Å². The molecule has 0 aromatic heterocycles. The van der Waals surface area contributed by atoms with E-state index in [9.17, 15) is 19.8 Å². The maximum atomic E-state index is 13.0. The van der Waals surface area contributed by atoms with Crippen LogP contribution in [0.2, 0.25) is 0 Å². The number of hydrogen-bond donors (Lipinski definition) is 2. The number of phenols is 1. The number of nitrogens with zero attached hydrogens (tertiary/aromatic N) is 1. The van der Waals surface area contributed by atoms with Gasteiger partial charge in [0.05, 0.1) is 11.1 Å². The number of phenolic OH excluding ortho intramolecular Hbond substituents is 1. The van der Waals surface area contributed by atoms with Gasteiger partial charge in [0.25, 0.3) is 0 Å². The van der Waals surface area contributed by atoms with E-state index in [0.29, 0.717) is 12.4 Å². The van der Waals surface area contributed by atoms with Gasteiger partial charge in [-0.05, 0) is 64.1 Å². The molecule has 0 fully saturated rings. The van der Waals surface area contributed by atoms with Gasteiger partial charge in [-0.2, -0.15) is 0 Å². The van der Waals surface area contributed by atoms with Crippen molar-refractivity contribution in [2.24, 2.45) is 0 Å². The zero-order valence-corrected chi connectivity index (χ0v) is 17.2. The molecule has 2 rings (SSSR count). The zero-order valence-electron chi connectivity index (χ0n) is 17.2. The molecule has 154 valence electrons. The van der Waals surface area contributed by atoms with Crippen molar-refractivity contribution in [3.05, 3.63) is 64.7 Å². The number of benzene rings is 2. The Morgan fingerprint density at radius 2 is 1.66 bits per heavy atom. The maximum absolute atomic E-state index is 13.0. The molecule has 0 aliphatic rings. The lowest BCUT2D eigenvalue weighted by molar-refractivity contribution is 0.0692. The quantitative estimate of drug-likeness (QED) is 0.478. The Balaban J connectivity index is 2.42. The van der Waals surface area contributed by atoms with Gasteiger partial charge in [-0.15, -0.1) is 0 Å². The van der Waals surface area contributed by atoms with Crippen molar-refractivity contribution >= 4 is 17.4 Å². The second-order valence-corrected chi connectivity index (χ2v) is 6.81. The summed E-state index contributed by atoms with van der Waals surface area (Å²) in [6.07, 6.45) is 1.88. The molecule has 2 N–H and O–H groups in total. The number of ether oxygens (including phenoxy) is 1. The summed E-state index contributed by atoms with van der Waals surface area (Å²) in [6, 6.07) is 9.05. The van der Waals surface area contributed by atoms with Gasteiger partial charge >= 0.3 is 5.97 Å². The number of ketones is 1. The van der Waals surface area contributed by atoms with Crippen LogP contribution in [0.4, 0.5) is 5.69 Å². The van der Waals surface area contributed by atoms with Crippen LogP contribution in [-0.2, 0) is 0 Å². The van der Waals surface area contributed by atoms with Gasteiger partial charge in [0.15, 0.2) is 5.78 Å². The average Bonchev–Trinajstić information content (AvgIpc) is 2.68. The second kappa shape index (κ2) is 9.78. The number of allylic oxidation sites excluding steroid dienone is 1. The first-order valence-corrected chi connectivity index (χ1v) is 9.54. The average molecular weight is 397 g/mol. The Bertz CT molecular complexity index is 925. The van der Waals surface area contributed by atoms with E-state index in [-0.39, 0.29) is 22.4 Å². The van der Waals surface area contributed by atoms with E-state index in [1.807, 2.05) is 38.7 Å². The van der Waals surface area contributed by atoms with E-state index in [0.717, 1.165) is 24.4 Å². The third kappa shape index (κ3) is 5.38. The van der Waals surface area contributed by atoms with Crippen LogP contribution in [0.1, 0.15) is 54.0 Å². The van der Waals surface area contributed by atoms with Gasteiger partial charge in [0, 0.05) is 30.4 Å². The fraction of sp³-hybridized carbons (Fsp3) is 0.304. The lowest BCUT2D eigenvalue weighted by Crippen LogP contribution is -2.21. The van der Waals surface area contributed by atoms with E-state index in [4.69, 9.17) is 4.74 Å². The van der Waals surface area contributed by atoms with E-state index in [2.05, 4.69) is 0 Å². The van der Waals surface area contributed by atoms with Crippen molar-refractivity contribution in [2.75, 3.05) is 24.6 Å². The number of rotatable bonds is 9. The van der Waals surface area contributed by atoms with Crippen molar-refractivity contribution in [3.63, 3.8) is 0 Å². The minimum atomic E-state index is -1.22. The number of anilines is 1. The third-order valence-corrected chi connectivity index (χ3v) is 4.56. The smallest absolute Gasteiger partial charge is 0.336 e. The molecular formula is C23H27NO5. The molecule has 2 aromatic carbocycles. The van der Waals surface area contributed by atoms with Crippen LogP contribution in [0.25, 0.3) is 0 Å². The van der Waals surface area contributed by atoms with Crippen LogP contribution in [0.15, 0.2) is 48.0 Å². The molecule has 0 saturated heterocycles. The fourth-order valence-corrected chi connectivity index (χ4v) is 2.93. The molecule has 6 heteroatoms. The summed E-state index contributed by atoms with van der Waals surface area (Å²) < 4.78 is 5.60. The molecule has 0 amide bonds. The van der Waals surface area contributed by atoms with Crippen molar-refractivity contribution in [1.82, 2.24) is 0 Å². The van der Waals surface area contributed by atoms with Gasteiger partial charge in [-0.3, -0.25) is 4.79 Å². The number of carboxylic acids is 1. The predicted octanol–water partition coefficient (Wildman–Crippen LogP) is 4.51. The first-order chi connectivity index (χ1) is 13.8. The van der Waals surface area contributed by atoms with Crippen LogP contribution >= 0.6 is 0 Å². The van der Waals surface area contributed by atoms with Crippen LogP contribution in [0.5, 0.6) is 11.5 Å². The molecular weight excluding hydrogens is 370 g/mol. The zero-order chi connectivity index (χ0) is 21.6. The number of aromatic carboxylic acids is 1. The summed E-state index contributed by atoms with van der Waals surface area (Å²) in [4.78, 5) is 26.7. The number of carbonyl (C=O) groups is 2. The summed E-state index contributed by atoms with van der Waals surface area (Å²) in [5.74, 6) is -1.59. The standard InChI is InChI=1S/C23H27NO5/c1-5-24(6-2)16-7-9-19(21(25)13-16)22(26)20-14-17(29-12-11-15(3)4)8-10-18(20)23(27)28/h7-11,13-14,25H,5-6,12H2,1-4H3,(H,27,28). The monoisotopic (exact) mass is 397 g/mol. The Kier molecular flexibility index (Phi) is 7.42. The molecule has 29 heavy (non-hydrogen) atoms. The molecule has 0 unspecified atom stereocenters. The fourth-order valence-electron chi connectivity index (χ4n) is 2.93. The summed E-state index contributed by atoms with van der Waals surface area (Å²) in [7, 11) is 0. The molecule has 6 nitrogen and oxygen atoms in total. The maximum Gasteiger partial charge on any atom is 0.336 e.